The molecule has 2 spiro atoms. The summed E-state index contributed by atoms with van der Waals surface area (Å²) < 4.78 is 12.4. The van der Waals surface area contributed by atoms with E-state index < -0.39 is 17.2 Å². The quantitative estimate of drug-likeness (QED) is 0.315. The molecule has 1 aromatic rings. The molecule has 5 heteroatoms. The molecule has 1 saturated heterocycles. The van der Waals surface area contributed by atoms with Crippen LogP contribution in [-0.4, -0.2) is 41.8 Å². The Morgan fingerprint density at radius 1 is 0.898 bits per heavy atom. The Bertz CT molecular complexity index is 1520. The van der Waals surface area contributed by atoms with Gasteiger partial charge in [-0.05, 0) is 159 Å². The van der Waals surface area contributed by atoms with Crippen LogP contribution >= 0.6 is 0 Å². The summed E-state index contributed by atoms with van der Waals surface area (Å²) in [6.07, 6.45) is 18.1. The van der Waals surface area contributed by atoms with Crippen molar-refractivity contribution in [2.45, 2.75) is 149 Å². The summed E-state index contributed by atoms with van der Waals surface area (Å²) in [5, 5.41) is 23.0. The molecule has 49 heavy (non-hydrogen) atoms. The molecule has 270 valence electrons. The van der Waals surface area contributed by atoms with Crippen molar-refractivity contribution in [3.05, 3.63) is 35.4 Å². The third-order valence-corrected chi connectivity index (χ3v) is 19.6. The maximum atomic E-state index is 12.8. The minimum absolute atomic E-state index is 0.0191. The first kappa shape index (κ1) is 33.4. The van der Waals surface area contributed by atoms with Crippen molar-refractivity contribution in [3.8, 4) is 0 Å². The van der Waals surface area contributed by atoms with E-state index >= 15 is 0 Å². The second-order valence-electron chi connectivity index (χ2n) is 20.5. The van der Waals surface area contributed by atoms with Crippen molar-refractivity contribution in [2.75, 3.05) is 13.7 Å². The van der Waals surface area contributed by atoms with E-state index in [1.807, 2.05) is 0 Å². The largest absolute Gasteiger partial charge is 0.481 e. The summed E-state index contributed by atoms with van der Waals surface area (Å²) in [4.78, 5) is 12.8. The zero-order valence-electron chi connectivity index (χ0n) is 31.4. The first-order chi connectivity index (χ1) is 23.2. The average Bonchev–Trinajstić information content (AvgIpc) is 3.18. The van der Waals surface area contributed by atoms with Crippen LogP contribution in [0.4, 0.5) is 0 Å². The monoisotopic (exact) mass is 672 g/mol. The standard InChI is InChI=1S/C44H64O5/c1-28-43-22-21-42-16-7-15-41(33-27-38(3,36(45)46)18-17-37(33,2)19-20-39(41,42)4)26-32-13-12-31(35(43)40(32,42)5)25-44(28,47)49-34(43)24-30-10-8-29(9-11-30)14-23-48-6/h8-11,28,31-35,47H,7,12-27H2,1-6H3,(H,45,46)/t28-,31+,32+,33+,34-,35?,37-,38+,39-,40-,41+,42+,43+,44-/m0/s1. The van der Waals surface area contributed by atoms with Crippen molar-refractivity contribution in [3.63, 3.8) is 0 Å². The predicted octanol–water partition coefficient (Wildman–Crippen LogP) is 9.23. The minimum Gasteiger partial charge on any atom is -0.481 e. The number of rotatable bonds is 6. The second kappa shape index (κ2) is 10.4. The number of benzene rings is 1. The van der Waals surface area contributed by atoms with Crippen LogP contribution in [0.5, 0.6) is 0 Å². The zero-order chi connectivity index (χ0) is 34.5. The lowest BCUT2D eigenvalue weighted by molar-refractivity contribution is -0.368. The van der Waals surface area contributed by atoms with Crippen LogP contribution in [0.2, 0.25) is 0 Å². The van der Waals surface area contributed by atoms with Gasteiger partial charge in [0.25, 0.3) is 0 Å². The Morgan fingerprint density at radius 2 is 1.63 bits per heavy atom. The van der Waals surface area contributed by atoms with Gasteiger partial charge in [0.05, 0.1) is 18.1 Å². The number of hydrogen-bond acceptors (Lipinski definition) is 4. The summed E-state index contributed by atoms with van der Waals surface area (Å²) in [6.45, 7) is 13.3. The molecule has 8 fully saturated rings. The molecule has 5 nitrogen and oxygen atoms in total. The summed E-state index contributed by atoms with van der Waals surface area (Å²) in [5.74, 6) is 0.778. The third-order valence-electron chi connectivity index (χ3n) is 19.6. The van der Waals surface area contributed by atoms with Gasteiger partial charge in [0.15, 0.2) is 5.79 Å². The number of carboxylic acid groups (broad SMARTS) is 1. The van der Waals surface area contributed by atoms with Gasteiger partial charge < -0.3 is 19.7 Å². The van der Waals surface area contributed by atoms with Crippen molar-refractivity contribution in [2.24, 2.45) is 67.5 Å². The molecule has 4 bridgehead atoms. The van der Waals surface area contributed by atoms with Crippen LogP contribution in [0.15, 0.2) is 24.3 Å². The number of methoxy groups -OCH3 is 1. The molecule has 8 aliphatic rings. The minimum atomic E-state index is -1.02. The number of aliphatic hydroxyl groups is 1. The molecule has 0 aromatic heterocycles. The number of carboxylic acids is 1. The van der Waals surface area contributed by atoms with E-state index in [-0.39, 0.29) is 44.5 Å². The summed E-state index contributed by atoms with van der Waals surface area (Å²) >= 11 is 0. The molecular weight excluding hydrogens is 608 g/mol. The van der Waals surface area contributed by atoms with Gasteiger partial charge >= 0.3 is 5.97 Å². The Labute approximate surface area is 295 Å². The van der Waals surface area contributed by atoms with Crippen LogP contribution < -0.4 is 0 Å². The predicted molar refractivity (Wildman–Crippen MR) is 191 cm³/mol. The molecule has 0 radical (unpaired) electrons. The van der Waals surface area contributed by atoms with Gasteiger partial charge in [0.2, 0.25) is 0 Å². The van der Waals surface area contributed by atoms with E-state index in [9.17, 15) is 15.0 Å². The highest BCUT2D eigenvalue weighted by Crippen LogP contribution is 2.89. The number of hydrogen-bond donors (Lipinski definition) is 2. The number of fused-ring (bicyclic) bond motifs is 2. The van der Waals surface area contributed by atoms with Crippen molar-refractivity contribution >= 4 is 5.97 Å². The summed E-state index contributed by atoms with van der Waals surface area (Å²) in [5.41, 5.74) is 3.20. The van der Waals surface area contributed by atoms with Gasteiger partial charge in [-0.15, -0.1) is 0 Å². The number of carbonyl (C=O) groups is 1. The van der Waals surface area contributed by atoms with Gasteiger partial charge in [0, 0.05) is 24.9 Å². The number of ether oxygens (including phenoxy) is 2. The van der Waals surface area contributed by atoms with Crippen molar-refractivity contribution in [1.82, 2.24) is 0 Å². The fraction of sp³-hybridized carbons (Fsp3) is 0.841. The molecule has 9 rings (SSSR count). The number of aliphatic carboxylic acids is 1. The highest BCUT2D eigenvalue weighted by Gasteiger charge is 2.85. The second-order valence-corrected chi connectivity index (χ2v) is 20.5. The summed E-state index contributed by atoms with van der Waals surface area (Å²) in [6, 6.07) is 9.15. The maximum Gasteiger partial charge on any atom is 0.309 e. The van der Waals surface area contributed by atoms with Gasteiger partial charge in [-0.3, -0.25) is 4.79 Å². The SMILES string of the molecule is COCCc1ccc(C[C@@H]2O[C@@]3(O)C[C@H]4CC[C@@H]5C[C@@]67CCC[C@@]8(CC[C@@]2(C4[C@]58C)[C@@H]3C)[C@@]6(C)CC[C@]2(C)CC[C@@](C)(C(=O)O)C[C@H]27)cc1. The van der Waals surface area contributed by atoms with Gasteiger partial charge in [0.1, 0.15) is 0 Å². The van der Waals surface area contributed by atoms with Crippen LogP contribution in [-0.2, 0) is 27.1 Å². The highest BCUT2D eigenvalue weighted by molar-refractivity contribution is 5.74. The smallest absolute Gasteiger partial charge is 0.309 e. The van der Waals surface area contributed by atoms with Crippen LogP contribution in [0, 0.1) is 67.5 Å². The molecule has 7 aliphatic carbocycles. The first-order valence-corrected chi connectivity index (χ1v) is 20.4. The molecule has 1 aliphatic heterocycles. The molecule has 1 unspecified atom stereocenters. The van der Waals surface area contributed by atoms with Crippen molar-refractivity contribution in [1.29, 1.82) is 0 Å². The van der Waals surface area contributed by atoms with E-state index in [0.29, 0.717) is 23.7 Å². The molecule has 0 amide bonds. The maximum absolute atomic E-state index is 12.8. The Balaban J connectivity index is 1.14. The zero-order valence-corrected chi connectivity index (χ0v) is 31.4. The highest BCUT2D eigenvalue weighted by atomic mass is 16.6. The van der Waals surface area contributed by atoms with Crippen LogP contribution in [0.25, 0.3) is 0 Å². The van der Waals surface area contributed by atoms with E-state index in [0.717, 1.165) is 51.6 Å². The lowest BCUT2D eigenvalue weighted by atomic mass is 9.19. The van der Waals surface area contributed by atoms with E-state index in [4.69, 9.17) is 9.47 Å². The molecule has 7 saturated carbocycles. The Hall–Kier alpha value is -1.43. The van der Waals surface area contributed by atoms with Gasteiger partial charge in [-0.1, -0.05) is 58.4 Å². The molecule has 1 heterocycles. The lowest BCUT2D eigenvalue weighted by Gasteiger charge is -2.85. The Morgan fingerprint density at radius 3 is 2.37 bits per heavy atom. The van der Waals surface area contributed by atoms with E-state index in [1.54, 1.807) is 7.11 Å². The van der Waals surface area contributed by atoms with Crippen LogP contribution in [0.1, 0.15) is 136 Å². The fourth-order valence-corrected chi connectivity index (χ4v) is 17.2. The summed E-state index contributed by atoms with van der Waals surface area (Å²) in [7, 11) is 1.77. The van der Waals surface area contributed by atoms with E-state index in [1.165, 1.54) is 68.9 Å². The third kappa shape index (κ3) is 3.82. The van der Waals surface area contributed by atoms with Crippen LogP contribution in [0.3, 0.4) is 0 Å². The van der Waals surface area contributed by atoms with Crippen molar-refractivity contribution < 1.29 is 24.5 Å². The molecule has 1 aromatic carbocycles. The van der Waals surface area contributed by atoms with Gasteiger partial charge in [-0.2, -0.15) is 0 Å². The molecular formula is C44H64O5. The fourth-order valence-electron chi connectivity index (χ4n) is 17.2. The molecule has 2 N–H and O–H groups in total. The Kier molecular flexibility index (Phi) is 7.07. The lowest BCUT2D eigenvalue weighted by Crippen LogP contribution is -2.79. The average molecular weight is 673 g/mol. The van der Waals surface area contributed by atoms with Gasteiger partial charge in [-0.25, -0.2) is 0 Å². The van der Waals surface area contributed by atoms with E-state index in [2.05, 4.69) is 58.9 Å². The normalized spacial score (nSPS) is 55.2. The molecule has 14 atom stereocenters. The first-order valence-electron chi connectivity index (χ1n) is 20.4. The topological polar surface area (TPSA) is 76.0 Å².